The third kappa shape index (κ3) is 2.19. The minimum absolute atomic E-state index is 0.0662. The number of hydrogen-bond donors (Lipinski definition) is 1. The number of hydrogen-bond acceptors (Lipinski definition) is 2. The van der Waals surface area contributed by atoms with Gasteiger partial charge in [-0.1, -0.05) is 46.3 Å². The van der Waals surface area contributed by atoms with Gasteiger partial charge in [-0.25, -0.2) is 0 Å². The highest BCUT2D eigenvalue weighted by Crippen LogP contribution is 2.42. The summed E-state index contributed by atoms with van der Waals surface area (Å²) in [5.74, 6) is -0.0662. The number of nitrogens with one attached hydrogen (secondary N) is 1. The molecule has 0 bridgehead atoms. The molecule has 23 heavy (non-hydrogen) atoms. The van der Waals surface area contributed by atoms with Crippen LogP contribution in [-0.4, -0.2) is 16.1 Å². The lowest BCUT2D eigenvalue weighted by Gasteiger charge is -2.26. The van der Waals surface area contributed by atoms with E-state index in [2.05, 4.69) is 26.1 Å². The summed E-state index contributed by atoms with van der Waals surface area (Å²) in [7, 11) is 0. The zero-order chi connectivity index (χ0) is 16.0. The quantitative estimate of drug-likeness (QED) is 0.736. The van der Waals surface area contributed by atoms with Crippen LogP contribution in [-0.2, 0) is 0 Å². The highest BCUT2D eigenvalue weighted by atomic mass is 79.9. The largest absolute Gasteiger partial charge is 0.295 e. The van der Waals surface area contributed by atoms with E-state index in [1.807, 2.05) is 66.4 Å². The Labute approximate surface area is 142 Å². The molecule has 1 atom stereocenters. The molecule has 2 heterocycles. The van der Waals surface area contributed by atoms with Crippen molar-refractivity contribution in [3.05, 3.63) is 81.6 Å². The smallest absolute Gasteiger partial charge is 0.279 e. The van der Waals surface area contributed by atoms with Crippen LogP contribution in [0.15, 0.2) is 59.1 Å². The third-order valence-corrected chi connectivity index (χ3v) is 4.70. The molecule has 0 aliphatic carbocycles. The normalized spacial score (nSPS) is 16.7. The molecule has 3 aromatic rings. The molecule has 4 nitrogen and oxygen atoms in total. The van der Waals surface area contributed by atoms with Crippen molar-refractivity contribution in [3.63, 3.8) is 0 Å². The second-order valence-electron chi connectivity index (χ2n) is 5.58. The van der Waals surface area contributed by atoms with Gasteiger partial charge in [0.15, 0.2) is 5.69 Å². The van der Waals surface area contributed by atoms with Gasteiger partial charge in [0.05, 0.1) is 6.04 Å². The van der Waals surface area contributed by atoms with Crippen LogP contribution in [0.3, 0.4) is 0 Å². The molecule has 1 aliphatic heterocycles. The SMILES string of the molecule is Cc1[nH]nc2c1C(c1ccc(Br)cc1)N(c1ccccc1)C2=O. The predicted molar refractivity (Wildman–Crippen MR) is 92.6 cm³/mol. The lowest BCUT2D eigenvalue weighted by molar-refractivity contribution is 0.0989. The van der Waals surface area contributed by atoms with Crippen LogP contribution >= 0.6 is 15.9 Å². The van der Waals surface area contributed by atoms with Gasteiger partial charge in [0, 0.05) is 21.4 Å². The Morgan fingerprint density at radius 3 is 2.48 bits per heavy atom. The number of anilines is 1. The summed E-state index contributed by atoms with van der Waals surface area (Å²) in [6.45, 7) is 1.96. The first-order chi connectivity index (χ1) is 11.2. The molecule has 0 saturated heterocycles. The fraction of sp³-hybridized carbons (Fsp3) is 0.111. The number of carbonyl (C=O) groups is 1. The van der Waals surface area contributed by atoms with Crippen molar-refractivity contribution in [1.82, 2.24) is 10.2 Å². The molecule has 0 saturated carbocycles. The third-order valence-electron chi connectivity index (χ3n) is 4.17. The standard InChI is InChI=1S/C18H14BrN3O/c1-11-15-16(21-20-11)18(23)22(14-5-3-2-4-6-14)17(15)12-7-9-13(19)10-8-12/h2-10,17H,1H3,(H,20,21). The summed E-state index contributed by atoms with van der Waals surface area (Å²) in [5.41, 5.74) is 4.34. The summed E-state index contributed by atoms with van der Waals surface area (Å²) >= 11 is 3.47. The van der Waals surface area contributed by atoms with Crippen LogP contribution in [0.2, 0.25) is 0 Å². The fourth-order valence-corrected chi connectivity index (χ4v) is 3.38. The minimum atomic E-state index is -0.160. The van der Waals surface area contributed by atoms with E-state index in [0.717, 1.165) is 27.0 Å². The van der Waals surface area contributed by atoms with Crippen LogP contribution in [0, 0.1) is 6.92 Å². The van der Waals surface area contributed by atoms with E-state index >= 15 is 0 Å². The molecular weight excluding hydrogens is 354 g/mol. The predicted octanol–water partition coefficient (Wildman–Crippen LogP) is 4.23. The van der Waals surface area contributed by atoms with Crippen molar-refractivity contribution in [2.24, 2.45) is 0 Å². The molecule has 0 spiro atoms. The Kier molecular flexibility index (Phi) is 3.31. The number of rotatable bonds is 2. The number of halogens is 1. The Hall–Kier alpha value is -2.40. The highest BCUT2D eigenvalue weighted by Gasteiger charge is 2.42. The number of nitrogens with zero attached hydrogens (tertiary/aromatic N) is 2. The van der Waals surface area contributed by atoms with E-state index in [1.54, 1.807) is 0 Å². The van der Waals surface area contributed by atoms with Gasteiger partial charge >= 0.3 is 0 Å². The molecule has 1 unspecified atom stereocenters. The summed E-state index contributed by atoms with van der Waals surface area (Å²) in [4.78, 5) is 14.7. The fourth-order valence-electron chi connectivity index (χ4n) is 3.11. The zero-order valence-corrected chi connectivity index (χ0v) is 14.0. The first-order valence-electron chi connectivity index (χ1n) is 7.36. The average Bonchev–Trinajstić information content (AvgIpc) is 3.08. The van der Waals surface area contributed by atoms with Crippen molar-refractivity contribution in [2.45, 2.75) is 13.0 Å². The number of aromatic nitrogens is 2. The Bertz CT molecular complexity index is 871. The first kappa shape index (κ1) is 14.2. The number of aryl methyl sites for hydroxylation is 1. The molecule has 1 N–H and O–H groups in total. The highest BCUT2D eigenvalue weighted by molar-refractivity contribution is 9.10. The molecule has 5 heteroatoms. The average molecular weight is 368 g/mol. The lowest BCUT2D eigenvalue weighted by atomic mass is 9.99. The molecule has 4 rings (SSSR count). The second-order valence-corrected chi connectivity index (χ2v) is 6.49. The Balaban J connectivity index is 1.91. The van der Waals surface area contributed by atoms with Crippen LogP contribution < -0.4 is 4.90 Å². The molecule has 2 aromatic carbocycles. The number of para-hydroxylation sites is 1. The van der Waals surface area contributed by atoms with Gasteiger partial charge in [-0.3, -0.25) is 14.8 Å². The molecule has 1 aromatic heterocycles. The summed E-state index contributed by atoms with van der Waals surface area (Å²) < 4.78 is 1.01. The Morgan fingerprint density at radius 2 is 1.78 bits per heavy atom. The van der Waals surface area contributed by atoms with Gasteiger partial charge in [-0.15, -0.1) is 0 Å². The van der Waals surface area contributed by atoms with E-state index in [0.29, 0.717) is 5.69 Å². The van der Waals surface area contributed by atoms with Crippen LogP contribution in [0.1, 0.15) is 33.4 Å². The van der Waals surface area contributed by atoms with Crippen molar-refractivity contribution < 1.29 is 4.79 Å². The zero-order valence-electron chi connectivity index (χ0n) is 12.5. The molecule has 1 amide bonds. The first-order valence-corrected chi connectivity index (χ1v) is 8.15. The summed E-state index contributed by atoms with van der Waals surface area (Å²) in [5, 5.41) is 7.17. The minimum Gasteiger partial charge on any atom is -0.295 e. The maximum Gasteiger partial charge on any atom is 0.279 e. The van der Waals surface area contributed by atoms with Gasteiger partial charge in [-0.2, -0.15) is 5.10 Å². The van der Waals surface area contributed by atoms with E-state index in [9.17, 15) is 4.79 Å². The lowest BCUT2D eigenvalue weighted by Crippen LogP contribution is -2.29. The molecule has 114 valence electrons. The second kappa shape index (κ2) is 5.35. The van der Waals surface area contributed by atoms with Crippen molar-refractivity contribution in [3.8, 4) is 0 Å². The number of benzene rings is 2. The maximum absolute atomic E-state index is 12.9. The van der Waals surface area contributed by atoms with Crippen LogP contribution in [0.25, 0.3) is 0 Å². The van der Waals surface area contributed by atoms with Crippen LogP contribution in [0.5, 0.6) is 0 Å². The Morgan fingerprint density at radius 1 is 1.09 bits per heavy atom. The van der Waals surface area contributed by atoms with E-state index in [1.165, 1.54) is 0 Å². The van der Waals surface area contributed by atoms with Crippen molar-refractivity contribution >= 4 is 27.5 Å². The molecule has 0 fully saturated rings. The molecular formula is C18H14BrN3O. The van der Waals surface area contributed by atoms with Gasteiger partial charge in [0.1, 0.15) is 0 Å². The summed E-state index contributed by atoms with van der Waals surface area (Å²) in [6, 6.07) is 17.7. The van der Waals surface area contributed by atoms with E-state index < -0.39 is 0 Å². The van der Waals surface area contributed by atoms with Crippen molar-refractivity contribution in [1.29, 1.82) is 0 Å². The monoisotopic (exact) mass is 367 g/mol. The number of fused-ring (bicyclic) bond motifs is 1. The number of amides is 1. The van der Waals surface area contributed by atoms with Crippen molar-refractivity contribution in [2.75, 3.05) is 4.90 Å². The number of aromatic amines is 1. The van der Waals surface area contributed by atoms with Gasteiger partial charge < -0.3 is 0 Å². The van der Waals surface area contributed by atoms with Gasteiger partial charge in [0.25, 0.3) is 5.91 Å². The topological polar surface area (TPSA) is 49.0 Å². The summed E-state index contributed by atoms with van der Waals surface area (Å²) in [6.07, 6.45) is 0. The number of carbonyl (C=O) groups excluding carboxylic acids is 1. The van der Waals surface area contributed by atoms with E-state index in [-0.39, 0.29) is 11.9 Å². The molecule has 0 radical (unpaired) electrons. The van der Waals surface area contributed by atoms with Gasteiger partial charge in [0.2, 0.25) is 0 Å². The van der Waals surface area contributed by atoms with E-state index in [4.69, 9.17) is 0 Å². The van der Waals surface area contributed by atoms with Crippen LogP contribution in [0.4, 0.5) is 5.69 Å². The number of H-pyrrole nitrogens is 1. The van der Waals surface area contributed by atoms with Gasteiger partial charge in [-0.05, 0) is 36.8 Å². The molecule has 1 aliphatic rings. The maximum atomic E-state index is 12.9.